The molecule has 0 bridgehead atoms. The van der Waals surface area contributed by atoms with Crippen LogP contribution in [0.2, 0.25) is 0 Å². The Kier molecular flexibility index (Phi) is 4.32. The van der Waals surface area contributed by atoms with Crippen molar-refractivity contribution in [1.82, 2.24) is 15.1 Å². The number of carbonyl (C=O) groups is 1. The van der Waals surface area contributed by atoms with Gasteiger partial charge in [-0.3, -0.25) is 10.4 Å². The third-order valence-electron chi connectivity index (χ3n) is 2.31. The number of nitrogens with zero attached hydrogens (tertiary/aromatic N) is 3. The number of amides is 2. The zero-order valence-electron chi connectivity index (χ0n) is 9.77. The van der Waals surface area contributed by atoms with Crippen LogP contribution < -0.4 is 11.1 Å². The van der Waals surface area contributed by atoms with Gasteiger partial charge in [0, 0.05) is 13.1 Å². The number of hydrogen-bond donors (Lipinski definition) is 4. The summed E-state index contributed by atoms with van der Waals surface area (Å²) >= 11 is 0. The maximum absolute atomic E-state index is 11.8. The molecule has 0 unspecified atom stereocenters. The molecule has 5 N–H and O–H groups in total. The van der Waals surface area contributed by atoms with E-state index in [0.29, 0.717) is 24.5 Å². The van der Waals surface area contributed by atoms with Gasteiger partial charge in [-0.15, -0.1) is 0 Å². The Hall–Kier alpha value is -2.25. The van der Waals surface area contributed by atoms with Gasteiger partial charge in [0.1, 0.15) is 5.82 Å². The molecule has 0 radical (unpaired) electrons. The van der Waals surface area contributed by atoms with Crippen LogP contribution in [0.25, 0.3) is 0 Å². The summed E-state index contributed by atoms with van der Waals surface area (Å²) in [6.07, 6.45) is 1.37. The second kappa shape index (κ2) is 5.73. The molecule has 0 aliphatic rings. The van der Waals surface area contributed by atoms with Gasteiger partial charge in [-0.2, -0.15) is 5.10 Å². The number of hydrogen-bond acceptors (Lipinski definition) is 4. The summed E-state index contributed by atoms with van der Waals surface area (Å²) < 4.78 is 0. The van der Waals surface area contributed by atoms with Crippen LogP contribution in [-0.2, 0) is 0 Å². The van der Waals surface area contributed by atoms with Gasteiger partial charge >= 0.3 is 6.03 Å². The predicted octanol–water partition coefficient (Wildman–Crippen LogP) is 0.378. The van der Waals surface area contributed by atoms with Crippen molar-refractivity contribution < 1.29 is 10.0 Å². The maximum Gasteiger partial charge on any atom is 0.322 e. The van der Waals surface area contributed by atoms with Crippen molar-refractivity contribution in [3.63, 3.8) is 0 Å². The van der Waals surface area contributed by atoms with Crippen molar-refractivity contribution >= 4 is 17.7 Å². The first-order valence-corrected chi connectivity index (χ1v) is 5.21. The zero-order valence-corrected chi connectivity index (χ0v) is 9.77. The van der Waals surface area contributed by atoms with E-state index < -0.39 is 0 Å². The van der Waals surface area contributed by atoms with Gasteiger partial charge in [-0.05, 0) is 13.8 Å². The second-order valence-corrected chi connectivity index (χ2v) is 3.25. The van der Waals surface area contributed by atoms with Gasteiger partial charge in [-0.25, -0.2) is 4.79 Å². The molecular formula is C9H16N6O2. The van der Waals surface area contributed by atoms with Crippen LogP contribution in [0, 0.1) is 0 Å². The predicted molar refractivity (Wildman–Crippen MR) is 63.0 cm³/mol. The molecule has 0 fully saturated rings. The van der Waals surface area contributed by atoms with Crippen LogP contribution in [0.1, 0.15) is 19.4 Å². The molecule has 8 heteroatoms. The van der Waals surface area contributed by atoms with E-state index in [-0.39, 0.29) is 11.9 Å². The lowest BCUT2D eigenvalue weighted by atomic mass is 10.3. The van der Waals surface area contributed by atoms with Crippen LogP contribution >= 0.6 is 0 Å². The number of anilines is 1. The van der Waals surface area contributed by atoms with E-state index in [9.17, 15) is 4.79 Å². The number of carbonyl (C=O) groups excluding carboxylic acids is 1. The fraction of sp³-hybridized carbons (Fsp3) is 0.444. The normalized spacial score (nSPS) is 11.3. The summed E-state index contributed by atoms with van der Waals surface area (Å²) in [6, 6.07) is -0.272. The van der Waals surface area contributed by atoms with Gasteiger partial charge in [0.05, 0.1) is 11.8 Å². The van der Waals surface area contributed by atoms with Crippen LogP contribution in [0.4, 0.5) is 10.6 Å². The Balaban J connectivity index is 2.82. The number of nitrogens with one attached hydrogen (secondary N) is 2. The SMILES string of the molecule is CCN(CC)C(=O)Nc1[nH]ncc1C(N)=NO. The molecule has 0 saturated heterocycles. The Labute approximate surface area is 98.5 Å². The van der Waals surface area contributed by atoms with E-state index in [1.165, 1.54) is 6.20 Å². The van der Waals surface area contributed by atoms with E-state index >= 15 is 0 Å². The van der Waals surface area contributed by atoms with Crippen LogP contribution in [0.5, 0.6) is 0 Å². The fourth-order valence-corrected chi connectivity index (χ4v) is 1.33. The van der Waals surface area contributed by atoms with E-state index in [2.05, 4.69) is 20.7 Å². The van der Waals surface area contributed by atoms with Crippen molar-refractivity contribution in [3.8, 4) is 0 Å². The molecule has 0 aliphatic carbocycles. The first-order chi connectivity index (χ1) is 8.13. The van der Waals surface area contributed by atoms with Gasteiger partial charge < -0.3 is 15.8 Å². The first kappa shape index (κ1) is 12.8. The Bertz CT molecular complexity index is 409. The Morgan fingerprint density at radius 2 is 2.29 bits per heavy atom. The average molecular weight is 240 g/mol. The maximum atomic E-state index is 11.8. The first-order valence-electron chi connectivity index (χ1n) is 5.21. The molecule has 0 atom stereocenters. The van der Waals surface area contributed by atoms with Crippen molar-refractivity contribution in [2.24, 2.45) is 10.9 Å². The number of aromatic amines is 1. The Morgan fingerprint density at radius 1 is 1.65 bits per heavy atom. The number of rotatable bonds is 4. The largest absolute Gasteiger partial charge is 0.409 e. The summed E-state index contributed by atoms with van der Waals surface area (Å²) in [4.78, 5) is 13.4. The van der Waals surface area contributed by atoms with E-state index in [1.807, 2.05) is 13.8 Å². The minimum Gasteiger partial charge on any atom is -0.409 e. The van der Waals surface area contributed by atoms with E-state index in [0.717, 1.165) is 0 Å². The monoisotopic (exact) mass is 240 g/mol. The molecule has 2 amide bonds. The highest BCUT2D eigenvalue weighted by atomic mass is 16.4. The highest BCUT2D eigenvalue weighted by molar-refractivity contribution is 6.04. The van der Waals surface area contributed by atoms with Gasteiger partial charge in [0.15, 0.2) is 5.84 Å². The lowest BCUT2D eigenvalue weighted by Crippen LogP contribution is -2.35. The molecule has 0 aliphatic heterocycles. The number of aromatic nitrogens is 2. The summed E-state index contributed by atoms with van der Waals surface area (Å²) in [5, 5.41) is 20.3. The van der Waals surface area contributed by atoms with Crippen molar-refractivity contribution in [2.75, 3.05) is 18.4 Å². The molecule has 94 valence electrons. The van der Waals surface area contributed by atoms with E-state index in [4.69, 9.17) is 10.9 Å². The average Bonchev–Trinajstić information content (AvgIpc) is 2.77. The van der Waals surface area contributed by atoms with Crippen LogP contribution in [-0.4, -0.2) is 45.3 Å². The molecule has 8 nitrogen and oxygen atoms in total. The molecule has 1 rings (SSSR count). The topological polar surface area (TPSA) is 120 Å². The van der Waals surface area contributed by atoms with Crippen molar-refractivity contribution in [3.05, 3.63) is 11.8 Å². The molecule has 17 heavy (non-hydrogen) atoms. The molecule has 0 spiro atoms. The number of urea groups is 1. The summed E-state index contributed by atoms with van der Waals surface area (Å²) in [5.41, 5.74) is 5.77. The summed E-state index contributed by atoms with van der Waals surface area (Å²) in [5.74, 6) is 0.186. The third-order valence-corrected chi connectivity index (χ3v) is 2.31. The standard InChI is InChI=1S/C9H16N6O2/c1-3-15(4-2)9(16)12-8-6(5-11-13-8)7(10)14-17/h5,17H,3-4H2,1-2H3,(H2,10,14)(H2,11,12,13,16). The van der Waals surface area contributed by atoms with Crippen LogP contribution in [0.3, 0.4) is 0 Å². The third kappa shape index (κ3) is 2.86. The zero-order chi connectivity index (χ0) is 12.8. The van der Waals surface area contributed by atoms with Crippen molar-refractivity contribution in [2.45, 2.75) is 13.8 Å². The summed E-state index contributed by atoms with van der Waals surface area (Å²) in [7, 11) is 0. The molecule has 1 heterocycles. The molecule has 1 aromatic rings. The van der Waals surface area contributed by atoms with Gasteiger partial charge in [0.25, 0.3) is 0 Å². The fourth-order valence-electron chi connectivity index (χ4n) is 1.33. The minimum atomic E-state index is -0.272. The smallest absolute Gasteiger partial charge is 0.322 e. The number of H-pyrrole nitrogens is 1. The highest BCUT2D eigenvalue weighted by Gasteiger charge is 2.15. The minimum absolute atomic E-state index is 0.117. The molecule has 1 aromatic heterocycles. The van der Waals surface area contributed by atoms with Gasteiger partial charge in [-0.1, -0.05) is 5.16 Å². The number of nitrogens with two attached hydrogens (primary N) is 1. The van der Waals surface area contributed by atoms with Gasteiger partial charge in [0.2, 0.25) is 0 Å². The summed E-state index contributed by atoms with van der Waals surface area (Å²) in [6.45, 7) is 4.94. The number of oxime groups is 1. The molecule has 0 saturated carbocycles. The molecular weight excluding hydrogens is 224 g/mol. The van der Waals surface area contributed by atoms with Crippen molar-refractivity contribution in [1.29, 1.82) is 0 Å². The quantitative estimate of drug-likeness (QED) is 0.263. The second-order valence-electron chi connectivity index (χ2n) is 3.25. The molecule has 0 aromatic carbocycles. The Morgan fingerprint density at radius 3 is 2.82 bits per heavy atom. The van der Waals surface area contributed by atoms with E-state index in [1.54, 1.807) is 4.90 Å². The lowest BCUT2D eigenvalue weighted by Gasteiger charge is -2.18. The lowest BCUT2D eigenvalue weighted by molar-refractivity contribution is 0.217. The van der Waals surface area contributed by atoms with Crippen LogP contribution in [0.15, 0.2) is 11.4 Å². The highest BCUT2D eigenvalue weighted by Crippen LogP contribution is 2.11. The number of amidine groups is 1.